The van der Waals surface area contributed by atoms with E-state index in [2.05, 4.69) is 27.7 Å². The lowest BCUT2D eigenvalue weighted by molar-refractivity contribution is -0.119. The molecular weight excluding hydrogens is 440 g/mol. The highest BCUT2D eigenvalue weighted by atomic mass is 35.5. The van der Waals surface area contributed by atoms with E-state index in [0.717, 1.165) is 34.5 Å². The molecule has 0 aliphatic heterocycles. The van der Waals surface area contributed by atoms with Gasteiger partial charge in [-0.15, -0.1) is 11.3 Å². The molecule has 2 heterocycles. The lowest BCUT2D eigenvalue weighted by Gasteiger charge is -2.18. The van der Waals surface area contributed by atoms with Crippen LogP contribution >= 0.6 is 34.7 Å². The van der Waals surface area contributed by atoms with Crippen molar-refractivity contribution >= 4 is 56.7 Å². The second kappa shape index (κ2) is 8.91. The molecule has 0 bridgehead atoms. The molecule has 3 aromatic rings. The summed E-state index contributed by atoms with van der Waals surface area (Å²) < 4.78 is 0. The fourth-order valence-corrected chi connectivity index (χ4v) is 6.00. The third kappa shape index (κ3) is 4.61. The molecule has 0 radical (unpaired) electrons. The van der Waals surface area contributed by atoms with Crippen LogP contribution in [0.25, 0.3) is 10.2 Å². The number of aryl methyl sites for hydroxylation is 2. The predicted octanol–water partition coefficient (Wildman–Crippen LogP) is 4.33. The van der Waals surface area contributed by atoms with Gasteiger partial charge in [-0.05, 0) is 61.9 Å². The van der Waals surface area contributed by atoms with Gasteiger partial charge in [0.2, 0.25) is 5.91 Å². The summed E-state index contributed by atoms with van der Waals surface area (Å²) in [5.41, 5.74) is 6.64. The summed E-state index contributed by atoms with van der Waals surface area (Å²) in [5.74, 6) is 0.836. The summed E-state index contributed by atoms with van der Waals surface area (Å²) in [4.78, 5) is 36.0. The van der Waals surface area contributed by atoms with E-state index < -0.39 is 5.91 Å². The zero-order chi connectivity index (χ0) is 21.3. The van der Waals surface area contributed by atoms with Gasteiger partial charge in [0.05, 0.1) is 5.75 Å². The number of amides is 2. The minimum absolute atomic E-state index is 0.146. The Kier molecular flexibility index (Phi) is 6.26. The molecule has 6 nitrogen and oxygen atoms in total. The fourth-order valence-electron chi connectivity index (χ4n) is 3.48. The van der Waals surface area contributed by atoms with Crippen LogP contribution in [0.3, 0.4) is 0 Å². The summed E-state index contributed by atoms with van der Waals surface area (Å²) in [6.45, 7) is 4.15. The van der Waals surface area contributed by atoms with Crippen molar-refractivity contribution in [3.8, 4) is 0 Å². The van der Waals surface area contributed by atoms with Crippen LogP contribution in [0.5, 0.6) is 0 Å². The number of benzene rings is 1. The molecule has 30 heavy (non-hydrogen) atoms. The van der Waals surface area contributed by atoms with E-state index in [0.29, 0.717) is 22.3 Å². The Balaban J connectivity index is 1.42. The van der Waals surface area contributed by atoms with Crippen molar-refractivity contribution in [3.05, 3.63) is 51.1 Å². The SMILES string of the molecule is Cc1nc(SCC(=O)NNC(=O)c2ccc(Cl)cc2)c2c3c(sc2n1)C[C@H](C)CC3. The van der Waals surface area contributed by atoms with Crippen LogP contribution in [0.1, 0.15) is 40.0 Å². The minimum atomic E-state index is -0.397. The standard InChI is InChI=1S/C21H21ClN4O2S2/c1-11-3-8-15-16(9-11)30-21-18(15)20(23-12(2)24-21)29-10-17(27)25-26-19(28)13-4-6-14(22)7-5-13/h4-7,11H,3,8-10H2,1-2H3,(H,25,27)(H,26,28)/t11-/m1/s1. The third-order valence-corrected chi connectivity index (χ3v) is 7.37. The number of fused-ring (bicyclic) bond motifs is 3. The van der Waals surface area contributed by atoms with Crippen molar-refractivity contribution in [1.82, 2.24) is 20.8 Å². The number of aromatic nitrogens is 2. The van der Waals surface area contributed by atoms with E-state index in [1.807, 2.05) is 6.92 Å². The molecule has 1 aliphatic rings. The molecule has 0 unspecified atom stereocenters. The molecule has 4 rings (SSSR count). The molecule has 0 saturated carbocycles. The van der Waals surface area contributed by atoms with Crippen LogP contribution in [-0.4, -0.2) is 27.5 Å². The average molecular weight is 461 g/mol. The Morgan fingerprint density at radius 1 is 1.23 bits per heavy atom. The molecule has 1 atom stereocenters. The summed E-state index contributed by atoms with van der Waals surface area (Å²) in [5, 5.41) is 2.47. The largest absolute Gasteiger partial charge is 0.272 e. The zero-order valence-electron chi connectivity index (χ0n) is 16.6. The molecular formula is C21H21ClN4O2S2. The molecule has 2 aromatic heterocycles. The van der Waals surface area contributed by atoms with Gasteiger partial charge < -0.3 is 0 Å². The Hall–Kier alpha value is -2.16. The molecule has 2 N–H and O–H groups in total. The van der Waals surface area contributed by atoms with E-state index >= 15 is 0 Å². The van der Waals surface area contributed by atoms with Crippen molar-refractivity contribution in [2.75, 3.05) is 5.75 Å². The number of nitrogens with one attached hydrogen (secondary N) is 2. The fraction of sp³-hybridized carbons (Fsp3) is 0.333. The summed E-state index contributed by atoms with van der Waals surface area (Å²) in [7, 11) is 0. The summed E-state index contributed by atoms with van der Waals surface area (Å²) in [6, 6.07) is 6.44. The van der Waals surface area contributed by atoms with Crippen LogP contribution in [0, 0.1) is 12.8 Å². The highest BCUT2D eigenvalue weighted by molar-refractivity contribution is 8.00. The van der Waals surface area contributed by atoms with Crippen molar-refractivity contribution in [2.45, 2.75) is 38.1 Å². The second-order valence-corrected chi connectivity index (χ2v) is 9.89. The molecule has 2 amide bonds. The number of rotatable bonds is 4. The average Bonchev–Trinajstić information content (AvgIpc) is 3.07. The Bertz CT molecular complexity index is 1110. The van der Waals surface area contributed by atoms with Crippen LogP contribution in [0.2, 0.25) is 5.02 Å². The number of hydrazine groups is 1. The van der Waals surface area contributed by atoms with E-state index in [9.17, 15) is 9.59 Å². The number of nitrogens with zero attached hydrogens (tertiary/aromatic N) is 2. The monoisotopic (exact) mass is 460 g/mol. The van der Waals surface area contributed by atoms with Gasteiger partial charge in [-0.3, -0.25) is 20.4 Å². The topological polar surface area (TPSA) is 84.0 Å². The van der Waals surface area contributed by atoms with Crippen molar-refractivity contribution in [3.63, 3.8) is 0 Å². The van der Waals surface area contributed by atoms with Crippen molar-refractivity contribution < 1.29 is 9.59 Å². The van der Waals surface area contributed by atoms with Gasteiger partial charge in [-0.25, -0.2) is 9.97 Å². The van der Waals surface area contributed by atoms with Crippen LogP contribution in [-0.2, 0) is 17.6 Å². The molecule has 0 saturated heterocycles. The first-order valence-corrected chi connectivity index (χ1v) is 11.8. The first-order chi connectivity index (χ1) is 14.4. The minimum Gasteiger partial charge on any atom is -0.272 e. The number of hydrogen-bond acceptors (Lipinski definition) is 6. The molecule has 9 heteroatoms. The Labute approximate surface area is 187 Å². The smallest absolute Gasteiger partial charge is 0.269 e. The van der Waals surface area contributed by atoms with Crippen LogP contribution < -0.4 is 10.9 Å². The second-order valence-electron chi connectivity index (χ2n) is 7.41. The molecule has 0 spiro atoms. The van der Waals surface area contributed by atoms with Gasteiger partial charge in [0.15, 0.2) is 0 Å². The maximum atomic E-state index is 12.3. The number of carbonyl (C=O) groups is 2. The zero-order valence-corrected chi connectivity index (χ0v) is 19.0. The Morgan fingerprint density at radius 3 is 2.77 bits per heavy atom. The normalized spacial score (nSPS) is 15.6. The predicted molar refractivity (Wildman–Crippen MR) is 121 cm³/mol. The van der Waals surface area contributed by atoms with E-state index in [1.165, 1.54) is 22.2 Å². The van der Waals surface area contributed by atoms with Gasteiger partial charge >= 0.3 is 0 Å². The summed E-state index contributed by atoms with van der Waals surface area (Å²) in [6.07, 6.45) is 3.27. The molecule has 156 valence electrons. The van der Waals surface area contributed by atoms with Crippen molar-refractivity contribution in [2.24, 2.45) is 5.92 Å². The molecule has 0 fully saturated rings. The third-order valence-electron chi connectivity index (χ3n) is 5.00. The maximum absolute atomic E-state index is 12.3. The summed E-state index contributed by atoms with van der Waals surface area (Å²) >= 11 is 8.95. The van der Waals surface area contributed by atoms with Gasteiger partial charge in [0.25, 0.3) is 5.91 Å². The highest BCUT2D eigenvalue weighted by Gasteiger charge is 2.24. The Morgan fingerprint density at radius 2 is 2.00 bits per heavy atom. The van der Waals surface area contributed by atoms with Gasteiger partial charge in [-0.1, -0.05) is 30.3 Å². The molecule has 1 aromatic carbocycles. The quantitative estimate of drug-likeness (QED) is 0.344. The lowest BCUT2D eigenvalue weighted by Crippen LogP contribution is -2.42. The number of hydrogen-bond donors (Lipinski definition) is 2. The first-order valence-electron chi connectivity index (χ1n) is 9.67. The molecule has 1 aliphatic carbocycles. The van der Waals surface area contributed by atoms with Crippen molar-refractivity contribution in [1.29, 1.82) is 0 Å². The maximum Gasteiger partial charge on any atom is 0.269 e. The van der Waals surface area contributed by atoms with E-state index in [1.54, 1.807) is 35.6 Å². The van der Waals surface area contributed by atoms with E-state index in [-0.39, 0.29) is 11.7 Å². The van der Waals surface area contributed by atoms with Crippen LogP contribution in [0.15, 0.2) is 29.3 Å². The number of carbonyl (C=O) groups excluding carboxylic acids is 2. The number of thioether (sulfide) groups is 1. The van der Waals surface area contributed by atoms with Gasteiger partial charge in [-0.2, -0.15) is 0 Å². The van der Waals surface area contributed by atoms with Gasteiger partial charge in [0.1, 0.15) is 15.7 Å². The van der Waals surface area contributed by atoms with E-state index in [4.69, 9.17) is 11.6 Å². The van der Waals surface area contributed by atoms with Gasteiger partial charge in [0, 0.05) is 20.8 Å². The highest BCUT2D eigenvalue weighted by Crippen LogP contribution is 2.40. The van der Waals surface area contributed by atoms with Crippen LogP contribution in [0.4, 0.5) is 0 Å². The number of thiophene rings is 1. The lowest BCUT2D eigenvalue weighted by atomic mass is 9.89. The number of halogens is 1. The first kappa shape index (κ1) is 21.1.